The van der Waals surface area contributed by atoms with Crippen molar-refractivity contribution in [3.8, 4) is 17.0 Å². The predicted octanol–water partition coefficient (Wildman–Crippen LogP) is 4.10. The normalized spacial score (nSPS) is 10.7. The molecule has 2 aromatic rings. The largest absolute Gasteiger partial charge is 0.494 e. The lowest BCUT2D eigenvalue weighted by atomic mass is 10.2. The molecule has 0 spiro atoms. The van der Waals surface area contributed by atoms with Gasteiger partial charge in [0.15, 0.2) is 0 Å². The van der Waals surface area contributed by atoms with Gasteiger partial charge in [0.1, 0.15) is 10.8 Å². The molecule has 0 unspecified atom stereocenters. The fourth-order valence-electron chi connectivity index (χ4n) is 1.84. The standard InChI is InChI=1S/C16H22N2OS/c1-3-9-17-11-16-18-15(12-20-16)13-5-7-14(8-6-13)19-10-4-2/h5-8,12,17H,3-4,9-11H2,1-2H3. The molecule has 0 aliphatic carbocycles. The third-order valence-electron chi connectivity index (χ3n) is 2.88. The molecule has 108 valence electrons. The topological polar surface area (TPSA) is 34.2 Å². The zero-order chi connectivity index (χ0) is 14.2. The predicted molar refractivity (Wildman–Crippen MR) is 85.3 cm³/mol. The van der Waals surface area contributed by atoms with Gasteiger partial charge in [0.05, 0.1) is 12.3 Å². The van der Waals surface area contributed by atoms with E-state index in [1.54, 1.807) is 11.3 Å². The SMILES string of the molecule is CCCNCc1nc(-c2ccc(OCCC)cc2)cs1. The molecular weight excluding hydrogens is 268 g/mol. The summed E-state index contributed by atoms with van der Waals surface area (Å²) in [4.78, 5) is 4.66. The maximum absolute atomic E-state index is 5.59. The van der Waals surface area contributed by atoms with Gasteiger partial charge >= 0.3 is 0 Å². The van der Waals surface area contributed by atoms with Crippen LogP contribution in [0.1, 0.15) is 31.7 Å². The molecule has 1 heterocycles. The molecule has 0 saturated carbocycles. The first kappa shape index (κ1) is 15.0. The molecule has 3 nitrogen and oxygen atoms in total. The molecule has 0 bridgehead atoms. The van der Waals surface area contributed by atoms with E-state index in [1.165, 1.54) is 0 Å². The Hall–Kier alpha value is -1.39. The second-order valence-electron chi connectivity index (χ2n) is 4.68. The number of benzene rings is 1. The Kier molecular flexibility index (Phi) is 6.02. The van der Waals surface area contributed by atoms with Gasteiger partial charge < -0.3 is 10.1 Å². The lowest BCUT2D eigenvalue weighted by Gasteiger charge is -2.04. The number of thiazole rings is 1. The molecule has 20 heavy (non-hydrogen) atoms. The van der Waals surface area contributed by atoms with Crippen molar-refractivity contribution in [1.29, 1.82) is 0 Å². The van der Waals surface area contributed by atoms with E-state index in [0.29, 0.717) is 0 Å². The molecule has 0 aliphatic rings. The Labute approximate surface area is 125 Å². The number of hydrogen-bond acceptors (Lipinski definition) is 4. The number of aromatic nitrogens is 1. The van der Waals surface area contributed by atoms with E-state index in [-0.39, 0.29) is 0 Å². The Morgan fingerprint density at radius 1 is 1.15 bits per heavy atom. The molecule has 1 aromatic heterocycles. The molecule has 1 N–H and O–H groups in total. The van der Waals surface area contributed by atoms with Gasteiger partial charge in [-0.1, -0.05) is 13.8 Å². The fraction of sp³-hybridized carbons (Fsp3) is 0.438. The summed E-state index contributed by atoms with van der Waals surface area (Å²) in [6.07, 6.45) is 2.18. The van der Waals surface area contributed by atoms with Crippen molar-refractivity contribution in [2.24, 2.45) is 0 Å². The third-order valence-corrected chi connectivity index (χ3v) is 3.73. The minimum Gasteiger partial charge on any atom is -0.494 e. The van der Waals surface area contributed by atoms with Gasteiger partial charge in [-0.25, -0.2) is 4.98 Å². The van der Waals surface area contributed by atoms with Crippen LogP contribution in [0.15, 0.2) is 29.6 Å². The van der Waals surface area contributed by atoms with E-state index in [2.05, 4.69) is 41.7 Å². The Morgan fingerprint density at radius 3 is 2.65 bits per heavy atom. The fourth-order valence-corrected chi connectivity index (χ4v) is 2.61. The van der Waals surface area contributed by atoms with Crippen molar-refractivity contribution in [3.05, 3.63) is 34.7 Å². The maximum Gasteiger partial charge on any atom is 0.119 e. The number of rotatable bonds is 8. The lowest BCUT2D eigenvalue weighted by Crippen LogP contribution is -2.13. The molecule has 1 aromatic carbocycles. The highest BCUT2D eigenvalue weighted by Crippen LogP contribution is 2.24. The number of hydrogen-bond donors (Lipinski definition) is 1. The summed E-state index contributed by atoms with van der Waals surface area (Å²) >= 11 is 1.71. The van der Waals surface area contributed by atoms with E-state index in [1.807, 2.05) is 12.1 Å². The minimum atomic E-state index is 0.767. The first-order valence-corrected chi connectivity index (χ1v) is 8.09. The summed E-state index contributed by atoms with van der Waals surface area (Å²) in [5.41, 5.74) is 2.19. The quantitative estimate of drug-likeness (QED) is 0.743. The second kappa shape index (κ2) is 8.02. The number of nitrogens with zero attached hydrogens (tertiary/aromatic N) is 1. The average Bonchev–Trinajstić information content (AvgIpc) is 2.95. The minimum absolute atomic E-state index is 0.767. The Morgan fingerprint density at radius 2 is 1.95 bits per heavy atom. The zero-order valence-electron chi connectivity index (χ0n) is 12.2. The molecule has 0 radical (unpaired) electrons. The van der Waals surface area contributed by atoms with Crippen LogP contribution >= 0.6 is 11.3 Å². The highest BCUT2D eigenvalue weighted by atomic mass is 32.1. The highest BCUT2D eigenvalue weighted by Gasteiger charge is 2.04. The van der Waals surface area contributed by atoms with Crippen molar-refractivity contribution < 1.29 is 4.74 Å². The van der Waals surface area contributed by atoms with Crippen LogP contribution in [-0.4, -0.2) is 18.1 Å². The van der Waals surface area contributed by atoms with Gasteiger partial charge in [-0.3, -0.25) is 0 Å². The summed E-state index contributed by atoms with van der Waals surface area (Å²) in [7, 11) is 0. The van der Waals surface area contributed by atoms with Crippen LogP contribution in [0.25, 0.3) is 11.3 Å². The van der Waals surface area contributed by atoms with Crippen molar-refractivity contribution in [3.63, 3.8) is 0 Å². The monoisotopic (exact) mass is 290 g/mol. The molecule has 0 aliphatic heterocycles. The summed E-state index contributed by atoms with van der Waals surface area (Å²) in [6, 6.07) is 8.17. The lowest BCUT2D eigenvalue weighted by molar-refractivity contribution is 0.317. The van der Waals surface area contributed by atoms with Crippen LogP contribution in [0.3, 0.4) is 0 Å². The van der Waals surface area contributed by atoms with Crippen LogP contribution in [0, 0.1) is 0 Å². The van der Waals surface area contributed by atoms with Crippen molar-refractivity contribution in [2.75, 3.05) is 13.2 Å². The van der Waals surface area contributed by atoms with Crippen LogP contribution in [-0.2, 0) is 6.54 Å². The van der Waals surface area contributed by atoms with Gasteiger partial charge in [0, 0.05) is 17.5 Å². The first-order valence-electron chi connectivity index (χ1n) is 7.21. The molecule has 0 amide bonds. The summed E-state index contributed by atoms with van der Waals surface area (Å²) in [5, 5.41) is 6.63. The molecular formula is C16H22N2OS. The Bertz CT molecular complexity index is 507. The zero-order valence-corrected chi connectivity index (χ0v) is 13.0. The summed E-state index contributed by atoms with van der Waals surface area (Å²) < 4.78 is 5.59. The smallest absolute Gasteiger partial charge is 0.119 e. The highest BCUT2D eigenvalue weighted by molar-refractivity contribution is 7.09. The second-order valence-corrected chi connectivity index (χ2v) is 5.62. The van der Waals surface area contributed by atoms with Gasteiger partial charge in [0.2, 0.25) is 0 Å². The van der Waals surface area contributed by atoms with Crippen LogP contribution < -0.4 is 10.1 Å². The van der Waals surface area contributed by atoms with Gasteiger partial charge in [-0.2, -0.15) is 0 Å². The summed E-state index contributed by atoms with van der Waals surface area (Å²) in [6.45, 7) is 6.94. The summed E-state index contributed by atoms with van der Waals surface area (Å²) in [5.74, 6) is 0.927. The van der Waals surface area contributed by atoms with Gasteiger partial charge in [-0.15, -0.1) is 11.3 Å². The van der Waals surface area contributed by atoms with E-state index < -0.39 is 0 Å². The van der Waals surface area contributed by atoms with E-state index in [9.17, 15) is 0 Å². The molecule has 0 atom stereocenters. The molecule has 0 saturated heterocycles. The van der Waals surface area contributed by atoms with E-state index in [4.69, 9.17) is 4.74 Å². The van der Waals surface area contributed by atoms with Gasteiger partial charge in [0.25, 0.3) is 0 Å². The number of ether oxygens (including phenoxy) is 1. The van der Waals surface area contributed by atoms with Gasteiger partial charge in [-0.05, 0) is 43.7 Å². The number of nitrogens with one attached hydrogen (secondary N) is 1. The first-order chi connectivity index (χ1) is 9.83. The molecule has 4 heteroatoms. The van der Waals surface area contributed by atoms with Crippen LogP contribution in [0.5, 0.6) is 5.75 Å². The van der Waals surface area contributed by atoms with E-state index >= 15 is 0 Å². The molecule has 2 rings (SSSR count). The molecule has 0 fully saturated rings. The average molecular weight is 290 g/mol. The van der Waals surface area contributed by atoms with Crippen LogP contribution in [0.4, 0.5) is 0 Å². The Balaban J connectivity index is 1.97. The van der Waals surface area contributed by atoms with E-state index in [0.717, 1.165) is 54.6 Å². The maximum atomic E-state index is 5.59. The van der Waals surface area contributed by atoms with Crippen molar-refractivity contribution >= 4 is 11.3 Å². The van der Waals surface area contributed by atoms with Crippen molar-refractivity contribution in [1.82, 2.24) is 10.3 Å². The van der Waals surface area contributed by atoms with Crippen molar-refractivity contribution in [2.45, 2.75) is 33.2 Å². The van der Waals surface area contributed by atoms with Crippen LogP contribution in [0.2, 0.25) is 0 Å². The third kappa shape index (κ3) is 4.32.